The number of hydrogen-bond donors (Lipinski definition) is 2. The number of hydrogen-bond acceptors (Lipinski definition) is 3. The van der Waals surface area contributed by atoms with E-state index in [2.05, 4.69) is 15.4 Å². The lowest BCUT2D eigenvalue weighted by Crippen LogP contribution is -2.21. The molecule has 0 radical (unpaired) electrons. The lowest BCUT2D eigenvalue weighted by molar-refractivity contribution is 0.216. The third-order valence-electron chi connectivity index (χ3n) is 5.18. The molecule has 0 aliphatic heterocycles. The molecule has 28 heavy (non-hydrogen) atoms. The van der Waals surface area contributed by atoms with Crippen molar-refractivity contribution >= 4 is 5.84 Å². The highest BCUT2D eigenvalue weighted by atomic mass is 19.1. The number of fused-ring (bicyclic) bond motifs is 1. The fraction of sp³-hybridized carbons (Fsp3) is 0.409. The molecule has 5 nitrogen and oxygen atoms in total. The van der Waals surface area contributed by atoms with Gasteiger partial charge >= 0.3 is 0 Å². The standard InChI is InChI=1S/C22H27FN4O/c1-13-10-15(21(24)25-27-26-22(3,4)12-28)11-14(2)20(13)18-8-9-19(23)17-7-5-6-16(17)18/h8-11,28H,5-7,12H2,1-4H3,(H2,24,25,26). The zero-order chi connectivity index (χ0) is 20.5. The second kappa shape index (κ2) is 7.80. The number of nitrogens with two attached hydrogens (primary N) is 1. The zero-order valence-electron chi connectivity index (χ0n) is 16.9. The van der Waals surface area contributed by atoms with Crippen LogP contribution in [0.3, 0.4) is 0 Å². The van der Waals surface area contributed by atoms with Crippen LogP contribution in [-0.4, -0.2) is 23.1 Å². The summed E-state index contributed by atoms with van der Waals surface area (Å²) in [5.74, 6) is 0.162. The van der Waals surface area contributed by atoms with Crippen molar-refractivity contribution in [3.8, 4) is 11.1 Å². The van der Waals surface area contributed by atoms with Gasteiger partial charge in [-0.2, -0.15) is 5.11 Å². The number of aryl methyl sites for hydroxylation is 2. The van der Waals surface area contributed by atoms with Crippen LogP contribution in [0, 0.1) is 19.7 Å². The van der Waals surface area contributed by atoms with Crippen LogP contribution in [-0.2, 0) is 12.8 Å². The van der Waals surface area contributed by atoms with Gasteiger partial charge in [0.05, 0.1) is 6.61 Å². The molecule has 0 fully saturated rings. The Hall–Kier alpha value is -2.60. The van der Waals surface area contributed by atoms with Gasteiger partial charge < -0.3 is 10.8 Å². The number of nitrogens with zero attached hydrogens (tertiary/aromatic N) is 3. The molecule has 0 saturated heterocycles. The van der Waals surface area contributed by atoms with Crippen molar-refractivity contribution in [2.75, 3.05) is 6.61 Å². The Morgan fingerprint density at radius 2 is 1.79 bits per heavy atom. The number of halogens is 1. The van der Waals surface area contributed by atoms with Crippen LogP contribution < -0.4 is 5.73 Å². The molecular formula is C22H27FN4O. The molecule has 1 aliphatic rings. The fourth-order valence-electron chi connectivity index (χ4n) is 3.71. The van der Waals surface area contributed by atoms with Crippen molar-refractivity contribution in [1.82, 2.24) is 0 Å². The lowest BCUT2D eigenvalue weighted by atomic mass is 9.89. The summed E-state index contributed by atoms with van der Waals surface area (Å²) < 4.78 is 14.1. The molecule has 0 amide bonds. The van der Waals surface area contributed by atoms with Crippen LogP contribution in [0.1, 0.15) is 48.1 Å². The molecular weight excluding hydrogens is 355 g/mol. The first-order valence-electron chi connectivity index (χ1n) is 9.52. The van der Waals surface area contributed by atoms with E-state index in [0.717, 1.165) is 58.2 Å². The molecule has 0 atom stereocenters. The third kappa shape index (κ3) is 3.97. The molecule has 0 heterocycles. The quantitative estimate of drug-likeness (QED) is 0.347. The second-order valence-corrected chi connectivity index (χ2v) is 8.04. The normalized spacial score (nSPS) is 14.7. The first-order chi connectivity index (χ1) is 13.2. The Morgan fingerprint density at radius 3 is 2.43 bits per heavy atom. The van der Waals surface area contributed by atoms with E-state index in [1.807, 2.05) is 32.0 Å². The van der Waals surface area contributed by atoms with Gasteiger partial charge in [-0.25, -0.2) is 4.39 Å². The summed E-state index contributed by atoms with van der Waals surface area (Å²) in [5, 5.41) is 20.9. The largest absolute Gasteiger partial charge is 0.394 e. The van der Waals surface area contributed by atoms with Gasteiger partial charge in [-0.1, -0.05) is 6.07 Å². The highest BCUT2D eigenvalue weighted by Crippen LogP contribution is 2.37. The number of aliphatic hydroxyl groups excluding tert-OH is 1. The molecule has 6 heteroatoms. The van der Waals surface area contributed by atoms with Gasteiger partial charge in [0.1, 0.15) is 11.4 Å². The zero-order valence-corrected chi connectivity index (χ0v) is 16.9. The summed E-state index contributed by atoms with van der Waals surface area (Å²) in [5.41, 5.74) is 12.5. The predicted octanol–water partition coefficient (Wildman–Crippen LogP) is 4.44. The van der Waals surface area contributed by atoms with Crippen molar-refractivity contribution < 1.29 is 9.50 Å². The summed E-state index contributed by atoms with van der Waals surface area (Å²) >= 11 is 0. The highest BCUT2D eigenvalue weighted by Gasteiger charge is 2.21. The fourth-order valence-corrected chi connectivity index (χ4v) is 3.71. The van der Waals surface area contributed by atoms with Gasteiger partial charge in [0.25, 0.3) is 0 Å². The molecule has 1 aliphatic carbocycles. The van der Waals surface area contributed by atoms with Crippen LogP contribution in [0.25, 0.3) is 11.1 Å². The lowest BCUT2D eigenvalue weighted by Gasteiger charge is -2.16. The average molecular weight is 382 g/mol. The van der Waals surface area contributed by atoms with E-state index in [4.69, 9.17) is 5.73 Å². The van der Waals surface area contributed by atoms with E-state index >= 15 is 0 Å². The first kappa shape index (κ1) is 20.1. The second-order valence-electron chi connectivity index (χ2n) is 8.04. The van der Waals surface area contributed by atoms with Crippen LogP contribution in [0.4, 0.5) is 4.39 Å². The Morgan fingerprint density at radius 1 is 1.14 bits per heavy atom. The summed E-state index contributed by atoms with van der Waals surface area (Å²) in [4.78, 5) is 0. The number of rotatable bonds is 5. The smallest absolute Gasteiger partial charge is 0.155 e. The maximum absolute atomic E-state index is 14.1. The minimum absolute atomic E-state index is 0.101. The van der Waals surface area contributed by atoms with E-state index in [9.17, 15) is 9.50 Å². The van der Waals surface area contributed by atoms with E-state index in [1.54, 1.807) is 19.9 Å². The minimum atomic E-state index is -0.692. The Labute approximate surface area is 165 Å². The summed E-state index contributed by atoms with van der Waals surface area (Å²) in [6, 6.07) is 7.40. The van der Waals surface area contributed by atoms with Gasteiger partial charge in [0.2, 0.25) is 0 Å². The van der Waals surface area contributed by atoms with E-state index in [0.29, 0.717) is 0 Å². The molecule has 0 unspecified atom stereocenters. The maximum Gasteiger partial charge on any atom is 0.155 e. The molecule has 0 bridgehead atoms. The van der Waals surface area contributed by atoms with E-state index in [1.165, 1.54) is 0 Å². The Bertz CT molecular complexity index is 940. The minimum Gasteiger partial charge on any atom is -0.394 e. The van der Waals surface area contributed by atoms with Crippen LogP contribution >= 0.6 is 0 Å². The van der Waals surface area contributed by atoms with Gasteiger partial charge in [-0.05, 0) is 104 Å². The third-order valence-corrected chi connectivity index (χ3v) is 5.18. The van der Waals surface area contributed by atoms with Crippen molar-refractivity contribution in [3.05, 3.63) is 57.9 Å². The molecule has 0 saturated carbocycles. The van der Waals surface area contributed by atoms with Crippen molar-refractivity contribution in [2.24, 2.45) is 21.2 Å². The van der Waals surface area contributed by atoms with E-state index in [-0.39, 0.29) is 18.3 Å². The van der Waals surface area contributed by atoms with Crippen molar-refractivity contribution in [1.29, 1.82) is 0 Å². The molecule has 2 aromatic carbocycles. The van der Waals surface area contributed by atoms with Crippen molar-refractivity contribution in [2.45, 2.75) is 52.5 Å². The first-order valence-corrected chi connectivity index (χ1v) is 9.52. The van der Waals surface area contributed by atoms with Crippen LogP contribution in [0.5, 0.6) is 0 Å². The predicted molar refractivity (Wildman–Crippen MR) is 110 cm³/mol. The van der Waals surface area contributed by atoms with Gasteiger partial charge in [0.15, 0.2) is 5.84 Å². The number of benzene rings is 2. The van der Waals surface area contributed by atoms with Crippen LogP contribution in [0.15, 0.2) is 39.7 Å². The molecule has 3 N–H and O–H groups in total. The number of amidine groups is 1. The maximum atomic E-state index is 14.1. The van der Waals surface area contributed by atoms with Gasteiger partial charge in [0, 0.05) is 5.56 Å². The summed E-state index contributed by atoms with van der Waals surface area (Å²) in [6.07, 6.45) is 2.71. The molecule has 148 valence electrons. The SMILES string of the molecule is Cc1cc(C(N)=NN=NC(C)(C)CO)cc(C)c1-c1ccc(F)c2c1CCC2. The average Bonchev–Trinajstić information content (AvgIpc) is 3.13. The van der Waals surface area contributed by atoms with Crippen molar-refractivity contribution in [3.63, 3.8) is 0 Å². The molecule has 0 aromatic heterocycles. The summed E-state index contributed by atoms with van der Waals surface area (Å²) in [7, 11) is 0. The molecule has 0 spiro atoms. The monoisotopic (exact) mass is 382 g/mol. The number of aliphatic hydroxyl groups is 1. The van der Waals surface area contributed by atoms with Crippen LogP contribution in [0.2, 0.25) is 0 Å². The summed E-state index contributed by atoms with van der Waals surface area (Å²) in [6.45, 7) is 7.44. The molecule has 3 rings (SSSR count). The van der Waals surface area contributed by atoms with Gasteiger partial charge in [-0.3, -0.25) is 0 Å². The Balaban J connectivity index is 1.98. The van der Waals surface area contributed by atoms with Gasteiger partial charge in [-0.15, -0.1) is 5.10 Å². The molecule has 2 aromatic rings. The Kier molecular flexibility index (Phi) is 5.61. The highest BCUT2D eigenvalue weighted by molar-refractivity contribution is 5.98. The topological polar surface area (TPSA) is 83.3 Å². The van der Waals surface area contributed by atoms with E-state index < -0.39 is 5.54 Å².